The number of halogens is 3. The van der Waals surface area contributed by atoms with E-state index in [1.165, 1.54) is 30.3 Å². The number of benzene rings is 3. The number of hydrogen-bond acceptors (Lipinski definition) is 4. The van der Waals surface area contributed by atoms with Crippen molar-refractivity contribution in [3.05, 3.63) is 83.2 Å². The molecule has 0 heterocycles. The first kappa shape index (κ1) is 27.7. The number of esters is 1. The molecule has 0 aromatic heterocycles. The summed E-state index contributed by atoms with van der Waals surface area (Å²) in [5.41, 5.74) is 1.08. The lowest BCUT2D eigenvalue weighted by Crippen LogP contribution is -2.25. The third-order valence-corrected chi connectivity index (χ3v) is 7.30. The highest BCUT2D eigenvalue weighted by atomic mass is 19.2. The Morgan fingerprint density at radius 1 is 0.921 bits per heavy atom. The van der Waals surface area contributed by atoms with E-state index in [4.69, 9.17) is 9.47 Å². The van der Waals surface area contributed by atoms with Crippen LogP contribution in [-0.4, -0.2) is 23.8 Å². The predicted octanol–water partition coefficient (Wildman–Crippen LogP) is 7.82. The molecule has 0 amide bonds. The zero-order valence-electron chi connectivity index (χ0n) is 21.7. The van der Waals surface area contributed by atoms with Crippen LogP contribution in [0.25, 0.3) is 11.1 Å². The standard InChI is InChI=1S/C31H33F3O4/c1-3-5-27(35)21-8-6-20(7-9-21)24-15-16-25(30(34)29(24)33)31(36)38-23-13-10-19(11-14-23)22-12-17-28(37-4-2)26(32)18-22/h10-18,20-21,27,35H,3-9H2,1-2H3. The third-order valence-electron chi connectivity index (χ3n) is 7.30. The second-order valence-electron chi connectivity index (χ2n) is 9.79. The average Bonchev–Trinajstić information content (AvgIpc) is 2.92. The summed E-state index contributed by atoms with van der Waals surface area (Å²) in [4.78, 5) is 12.6. The van der Waals surface area contributed by atoms with Gasteiger partial charge < -0.3 is 14.6 Å². The van der Waals surface area contributed by atoms with Crippen molar-refractivity contribution in [1.82, 2.24) is 0 Å². The fraction of sp³-hybridized carbons (Fsp3) is 0.387. The maximum Gasteiger partial charge on any atom is 0.346 e. The number of aliphatic hydroxyl groups excluding tert-OH is 1. The Balaban J connectivity index is 1.41. The van der Waals surface area contributed by atoms with Crippen molar-refractivity contribution in [1.29, 1.82) is 0 Å². The van der Waals surface area contributed by atoms with Gasteiger partial charge in [0.05, 0.1) is 18.3 Å². The number of rotatable bonds is 9. The maximum absolute atomic E-state index is 15.0. The number of aliphatic hydroxyl groups is 1. The van der Waals surface area contributed by atoms with Gasteiger partial charge in [0.1, 0.15) is 5.75 Å². The van der Waals surface area contributed by atoms with Crippen LogP contribution in [-0.2, 0) is 0 Å². The molecular weight excluding hydrogens is 493 g/mol. The van der Waals surface area contributed by atoms with Crippen LogP contribution in [0.5, 0.6) is 11.5 Å². The van der Waals surface area contributed by atoms with Gasteiger partial charge in [-0.25, -0.2) is 18.0 Å². The summed E-state index contributed by atoms with van der Waals surface area (Å²) in [6.07, 6.45) is 4.15. The summed E-state index contributed by atoms with van der Waals surface area (Å²) in [7, 11) is 0. The minimum Gasteiger partial charge on any atom is -0.491 e. The van der Waals surface area contributed by atoms with Gasteiger partial charge in [-0.1, -0.05) is 37.6 Å². The van der Waals surface area contributed by atoms with E-state index in [0.29, 0.717) is 30.6 Å². The van der Waals surface area contributed by atoms with Gasteiger partial charge in [-0.3, -0.25) is 0 Å². The van der Waals surface area contributed by atoms with Gasteiger partial charge in [-0.15, -0.1) is 0 Å². The quantitative estimate of drug-likeness (QED) is 0.228. The molecule has 4 nitrogen and oxygen atoms in total. The SMILES string of the molecule is CCCC(O)C1CCC(c2ccc(C(=O)Oc3ccc(-c4ccc(OCC)c(F)c4)cc3)c(F)c2F)CC1. The molecule has 3 aromatic carbocycles. The Labute approximate surface area is 221 Å². The van der Waals surface area contributed by atoms with Gasteiger partial charge in [-0.05, 0) is 97.9 Å². The smallest absolute Gasteiger partial charge is 0.346 e. The van der Waals surface area contributed by atoms with Crippen LogP contribution < -0.4 is 9.47 Å². The first-order valence-electron chi connectivity index (χ1n) is 13.2. The van der Waals surface area contributed by atoms with E-state index in [-0.39, 0.29) is 35.0 Å². The van der Waals surface area contributed by atoms with E-state index in [1.54, 1.807) is 31.2 Å². The molecule has 0 saturated heterocycles. The summed E-state index contributed by atoms with van der Waals surface area (Å²) < 4.78 is 54.6. The molecule has 1 aliphatic rings. The number of carbonyl (C=O) groups excluding carboxylic acids is 1. The highest BCUT2D eigenvalue weighted by Gasteiger charge is 2.30. The molecular formula is C31H33F3O4. The molecule has 0 bridgehead atoms. The highest BCUT2D eigenvalue weighted by molar-refractivity contribution is 5.91. The molecule has 7 heteroatoms. The van der Waals surface area contributed by atoms with Crippen LogP contribution in [0, 0.1) is 23.4 Å². The molecule has 202 valence electrons. The van der Waals surface area contributed by atoms with Crippen molar-refractivity contribution >= 4 is 5.97 Å². The zero-order chi connectivity index (χ0) is 27.2. The lowest BCUT2D eigenvalue weighted by atomic mass is 9.76. The molecule has 4 rings (SSSR count). The van der Waals surface area contributed by atoms with Crippen molar-refractivity contribution < 1.29 is 32.5 Å². The summed E-state index contributed by atoms with van der Waals surface area (Å²) in [6, 6.07) is 13.7. The molecule has 0 radical (unpaired) electrons. The van der Waals surface area contributed by atoms with Crippen LogP contribution in [0.15, 0.2) is 54.6 Å². The first-order valence-corrected chi connectivity index (χ1v) is 13.2. The number of carbonyl (C=O) groups is 1. The molecule has 0 spiro atoms. The molecule has 38 heavy (non-hydrogen) atoms. The molecule has 1 saturated carbocycles. The van der Waals surface area contributed by atoms with E-state index in [9.17, 15) is 18.7 Å². The lowest BCUT2D eigenvalue weighted by molar-refractivity contribution is 0.0717. The van der Waals surface area contributed by atoms with Gasteiger partial charge in [0.15, 0.2) is 23.2 Å². The van der Waals surface area contributed by atoms with E-state index < -0.39 is 29.0 Å². The molecule has 0 aliphatic heterocycles. The topological polar surface area (TPSA) is 55.8 Å². The Kier molecular flexibility index (Phi) is 9.10. The van der Waals surface area contributed by atoms with E-state index in [1.807, 2.05) is 6.92 Å². The molecule has 1 N–H and O–H groups in total. The van der Waals surface area contributed by atoms with Crippen LogP contribution >= 0.6 is 0 Å². The maximum atomic E-state index is 15.0. The van der Waals surface area contributed by atoms with E-state index in [2.05, 4.69) is 0 Å². The molecule has 3 aromatic rings. The average molecular weight is 527 g/mol. The summed E-state index contributed by atoms with van der Waals surface area (Å²) in [5, 5.41) is 10.3. The van der Waals surface area contributed by atoms with Gasteiger partial charge in [-0.2, -0.15) is 0 Å². The second-order valence-corrected chi connectivity index (χ2v) is 9.79. The van der Waals surface area contributed by atoms with Crippen molar-refractivity contribution in [2.24, 2.45) is 5.92 Å². The number of hydrogen-bond donors (Lipinski definition) is 1. The summed E-state index contributed by atoms with van der Waals surface area (Å²) in [6.45, 7) is 4.16. The largest absolute Gasteiger partial charge is 0.491 e. The minimum atomic E-state index is -1.22. The van der Waals surface area contributed by atoms with Crippen LogP contribution in [0.3, 0.4) is 0 Å². The van der Waals surface area contributed by atoms with Gasteiger partial charge in [0.2, 0.25) is 0 Å². The van der Waals surface area contributed by atoms with Crippen molar-refractivity contribution in [3.63, 3.8) is 0 Å². The highest BCUT2D eigenvalue weighted by Crippen LogP contribution is 2.39. The summed E-state index contributed by atoms with van der Waals surface area (Å²) >= 11 is 0. The molecule has 1 atom stereocenters. The van der Waals surface area contributed by atoms with Crippen LogP contribution in [0.4, 0.5) is 13.2 Å². The van der Waals surface area contributed by atoms with Crippen LogP contribution in [0.2, 0.25) is 0 Å². The Hall–Kier alpha value is -3.32. The van der Waals surface area contributed by atoms with Crippen molar-refractivity contribution in [3.8, 4) is 22.6 Å². The van der Waals surface area contributed by atoms with Gasteiger partial charge in [0.25, 0.3) is 0 Å². The van der Waals surface area contributed by atoms with Crippen LogP contribution in [0.1, 0.15) is 74.2 Å². The normalized spacial score (nSPS) is 18.2. The monoisotopic (exact) mass is 526 g/mol. The second kappa shape index (κ2) is 12.5. The fourth-order valence-electron chi connectivity index (χ4n) is 5.21. The Morgan fingerprint density at radius 2 is 1.61 bits per heavy atom. The van der Waals surface area contributed by atoms with Gasteiger partial charge >= 0.3 is 5.97 Å². The summed E-state index contributed by atoms with van der Waals surface area (Å²) in [5.74, 6) is -3.37. The first-order chi connectivity index (χ1) is 18.3. The molecule has 1 aliphatic carbocycles. The fourth-order valence-corrected chi connectivity index (χ4v) is 5.21. The number of ether oxygens (including phenoxy) is 2. The van der Waals surface area contributed by atoms with Crippen molar-refractivity contribution in [2.45, 2.75) is 64.4 Å². The lowest BCUT2D eigenvalue weighted by Gasteiger charge is -2.32. The molecule has 1 fully saturated rings. The van der Waals surface area contributed by atoms with E-state index in [0.717, 1.165) is 25.7 Å². The van der Waals surface area contributed by atoms with Gasteiger partial charge in [0, 0.05) is 0 Å². The minimum absolute atomic E-state index is 0.151. The van der Waals surface area contributed by atoms with Crippen molar-refractivity contribution in [2.75, 3.05) is 6.61 Å². The Bertz CT molecular complexity index is 1250. The zero-order valence-corrected chi connectivity index (χ0v) is 21.7. The third kappa shape index (κ3) is 6.21. The Morgan fingerprint density at radius 3 is 2.24 bits per heavy atom. The predicted molar refractivity (Wildman–Crippen MR) is 140 cm³/mol. The van der Waals surface area contributed by atoms with E-state index >= 15 is 4.39 Å². The molecule has 1 unspecified atom stereocenters.